The van der Waals surface area contributed by atoms with E-state index < -0.39 is 35.8 Å². The van der Waals surface area contributed by atoms with E-state index in [0.29, 0.717) is 41.1 Å². The van der Waals surface area contributed by atoms with Crippen LogP contribution in [-0.2, 0) is 16.2 Å². The number of hydrogen-bond acceptors (Lipinski definition) is 8. The molecule has 3 unspecified atom stereocenters. The van der Waals surface area contributed by atoms with Crippen molar-refractivity contribution in [2.24, 2.45) is 5.16 Å². The molecule has 1 aromatic heterocycles. The molecule has 0 N–H and O–H groups in total. The number of hydrogen-bond donors (Lipinski definition) is 0. The van der Waals surface area contributed by atoms with Crippen LogP contribution in [0.5, 0.6) is 0 Å². The molecule has 202 valence electrons. The van der Waals surface area contributed by atoms with Gasteiger partial charge in [-0.15, -0.1) is 5.16 Å². The van der Waals surface area contributed by atoms with Crippen LogP contribution in [0.3, 0.4) is 0 Å². The maximum atomic E-state index is 14.0. The molecular formula is C28H24Cl2N4O5-2. The Morgan fingerprint density at radius 3 is 2.59 bits per heavy atom. The van der Waals surface area contributed by atoms with Gasteiger partial charge in [0, 0.05) is 40.2 Å². The van der Waals surface area contributed by atoms with Gasteiger partial charge in [0.25, 0.3) is 5.91 Å². The van der Waals surface area contributed by atoms with E-state index in [1.54, 1.807) is 60.8 Å². The highest BCUT2D eigenvalue weighted by molar-refractivity contribution is 6.35. The summed E-state index contributed by atoms with van der Waals surface area (Å²) in [5.74, 6) is -3.46. The Hall–Kier alpha value is -3.66. The van der Waals surface area contributed by atoms with Crippen LogP contribution in [0.25, 0.3) is 0 Å². The van der Waals surface area contributed by atoms with Crippen LogP contribution in [0.15, 0.2) is 72.0 Å². The van der Waals surface area contributed by atoms with Crippen molar-refractivity contribution >= 4 is 41.0 Å². The van der Waals surface area contributed by atoms with Crippen molar-refractivity contribution in [2.45, 2.75) is 43.9 Å². The Balaban J connectivity index is 1.65. The summed E-state index contributed by atoms with van der Waals surface area (Å²) < 4.78 is 0. The molecule has 2 aliphatic heterocycles. The molecular weight excluding hydrogens is 543 g/mol. The van der Waals surface area contributed by atoms with Gasteiger partial charge in [-0.3, -0.25) is 14.8 Å². The Kier molecular flexibility index (Phi) is 8.02. The van der Waals surface area contributed by atoms with Crippen molar-refractivity contribution in [2.75, 3.05) is 6.54 Å². The number of fused-ring (bicyclic) bond motifs is 1. The quantitative estimate of drug-likeness (QED) is 0.244. The Bertz CT molecular complexity index is 1400. The van der Waals surface area contributed by atoms with E-state index in [1.165, 1.54) is 16.1 Å². The highest BCUT2D eigenvalue weighted by atomic mass is 35.5. The molecule has 1 amide bonds. The average molecular weight is 567 g/mol. The summed E-state index contributed by atoms with van der Waals surface area (Å²) in [5.41, 5.74) is 1.70. The fourth-order valence-corrected chi connectivity index (χ4v) is 5.76. The normalized spacial score (nSPS) is 21.9. The van der Waals surface area contributed by atoms with Crippen molar-refractivity contribution in [3.8, 4) is 0 Å². The predicted octanol–water partition coefficient (Wildman–Crippen LogP) is 3.08. The number of carbonyl (C=O) groups is 2. The molecule has 3 aromatic rings. The van der Waals surface area contributed by atoms with Crippen LogP contribution in [0.1, 0.15) is 58.4 Å². The first-order valence-corrected chi connectivity index (χ1v) is 13.2. The van der Waals surface area contributed by atoms with E-state index in [4.69, 9.17) is 28.0 Å². The smallest absolute Gasteiger partial charge is 0.269 e. The van der Waals surface area contributed by atoms with Crippen molar-refractivity contribution in [3.05, 3.63) is 99.3 Å². The van der Waals surface area contributed by atoms with Crippen molar-refractivity contribution in [1.29, 1.82) is 0 Å². The van der Waals surface area contributed by atoms with Gasteiger partial charge in [-0.2, -0.15) is 0 Å². The number of rotatable bonds is 7. The topological polar surface area (TPSA) is 121 Å². The number of hydrazine groups is 1. The minimum absolute atomic E-state index is 0.0329. The Morgan fingerprint density at radius 2 is 1.85 bits per heavy atom. The Morgan fingerprint density at radius 1 is 1.05 bits per heavy atom. The third-order valence-electron chi connectivity index (χ3n) is 6.98. The van der Waals surface area contributed by atoms with Crippen LogP contribution in [0, 0.1) is 0 Å². The molecule has 0 bridgehead atoms. The number of benzene rings is 2. The van der Waals surface area contributed by atoms with Gasteiger partial charge in [0.2, 0.25) is 0 Å². The SMILES string of the molecule is O=C([O-])C1CCCCN1N1C(=O)c2ccccc2C(/C([O-])=N\OCc2ccccn2)C1c1ccc(Cl)cc1Cl. The molecule has 3 atom stereocenters. The summed E-state index contributed by atoms with van der Waals surface area (Å²) in [4.78, 5) is 35.7. The van der Waals surface area contributed by atoms with Gasteiger partial charge in [0.05, 0.1) is 23.7 Å². The minimum atomic E-state index is -1.30. The highest BCUT2D eigenvalue weighted by Gasteiger charge is 2.46. The second kappa shape index (κ2) is 11.6. The van der Waals surface area contributed by atoms with Gasteiger partial charge in [-0.25, -0.2) is 5.01 Å². The Labute approximate surface area is 235 Å². The number of pyridine rings is 1. The first-order chi connectivity index (χ1) is 18.9. The lowest BCUT2D eigenvalue weighted by Gasteiger charge is -2.52. The zero-order valence-electron chi connectivity index (χ0n) is 20.7. The number of oxime groups is 1. The highest BCUT2D eigenvalue weighted by Crippen LogP contribution is 2.46. The van der Waals surface area contributed by atoms with Crippen LogP contribution in [0.4, 0.5) is 0 Å². The third kappa shape index (κ3) is 5.43. The monoisotopic (exact) mass is 566 g/mol. The summed E-state index contributed by atoms with van der Waals surface area (Å²) in [6, 6.07) is 14.7. The first kappa shape index (κ1) is 26.9. The first-order valence-electron chi connectivity index (χ1n) is 12.5. The lowest BCUT2D eigenvalue weighted by Crippen LogP contribution is -2.62. The molecule has 2 aromatic carbocycles. The number of halogens is 2. The number of amides is 1. The van der Waals surface area contributed by atoms with Crippen molar-refractivity contribution in [3.63, 3.8) is 0 Å². The number of carboxylic acid groups (broad SMARTS) is 1. The molecule has 0 radical (unpaired) electrons. The molecule has 0 spiro atoms. The molecule has 0 saturated carbocycles. The zero-order valence-corrected chi connectivity index (χ0v) is 22.2. The molecule has 9 nitrogen and oxygen atoms in total. The third-order valence-corrected chi connectivity index (χ3v) is 7.54. The van der Waals surface area contributed by atoms with E-state index in [1.807, 2.05) is 0 Å². The van der Waals surface area contributed by atoms with Gasteiger partial charge in [0.15, 0.2) is 6.61 Å². The maximum Gasteiger partial charge on any atom is 0.269 e. The van der Waals surface area contributed by atoms with Gasteiger partial charge in [0.1, 0.15) is 0 Å². The van der Waals surface area contributed by atoms with Gasteiger partial charge < -0.3 is 19.8 Å². The molecule has 39 heavy (non-hydrogen) atoms. The van der Waals surface area contributed by atoms with E-state index in [-0.39, 0.29) is 23.7 Å². The van der Waals surface area contributed by atoms with Gasteiger partial charge in [-0.1, -0.05) is 60.0 Å². The largest absolute Gasteiger partial charge is 0.859 e. The van der Waals surface area contributed by atoms with E-state index in [9.17, 15) is 19.8 Å². The van der Waals surface area contributed by atoms with Crippen LogP contribution in [-0.4, -0.2) is 45.4 Å². The second-order valence-electron chi connectivity index (χ2n) is 9.34. The second-order valence-corrected chi connectivity index (χ2v) is 10.2. The van der Waals surface area contributed by atoms with Gasteiger partial charge >= 0.3 is 0 Å². The summed E-state index contributed by atoms with van der Waals surface area (Å²) in [5, 5.41) is 33.3. The number of carbonyl (C=O) groups excluding carboxylic acids is 2. The van der Waals surface area contributed by atoms with Crippen LogP contribution < -0.4 is 10.2 Å². The molecule has 0 aliphatic carbocycles. The maximum absolute atomic E-state index is 14.0. The fraction of sp³-hybridized carbons (Fsp3) is 0.286. The molecule has 3 heterocycles. The lowest BCUT2D eigenvalue weighted by atomic mass is 9.80. The summed E-state index contributed by atoms with van der Waals surface area (Å²) in [6.07, 6.45) is 3.23. The molecule has 5 rings (SSSR count). The summed E-state index contributed by atoms with van der Waals surface area (Å²) in [6.45, 7) is 0.247. The minimum Gasteiger partial charge on any atom is -0.859 e. The summed E-state index contributed by atoms with van der Waals surface area (Å²) >= 11 is 12.8. The van der Waals surface area contributed by atoms with Crippen molar-refractivity contribution in [1.82, 2.24) is 15.0 Å². The molecule has 2 aliphatic rings. The molecule has 1 saturated heterocycles. The fourth-order valence-electron chi connectivity index (χ4n) is 5.24. The standard InChI is InChI=1S/C28H26Cl2N4O5/c29-17-11-12-21(22(30)15-17)25-24(26(35)32-39-16-18-7-3-5-13-31-18)19-8-1-2-9-20(19)27(36)34(25)33-14-6-4-10-23(33)28(37)38/h1-3,5,7-9,11-13,15,23-25H,4,6,10,14,16H2,(H,32,35)(H,37,38)/p-2. The zero-order chi connectivity index (χ0) is 27.5. The number of carboxylic acids is 1. The van der Waals surface area contributed by atoms with E-state index in [0.717, 1.165) is 0 Å². The number of aromatic nitrogens is 1. The predicted molar refractivity (Wildman–Crippen MR) is 140 cm³/mol. The molecule has 1 fully saturated rings. The lowest BCUT2D eigenvalue weighted by molar-refractivity contribution is -0.316. The number of piperidine rings is 1. The van der Waals surface area contributed by atoms with Gasteiger partial charge in [-0.05, 0) is 54.3 Å². The summed E-state index contributed by atoms with van der Waals surface area (Å²) in [7, 11) is 0. The van der Waals surface area contributed by atoms with Crippen LogP contribution >= 0.6 is 23.2 Å². The van der Waals surface area contributed by atoms with Crippen molar-refractivity contribution < 1.29 is 24.6 Å². The van der Waals surface area contributed by atoms with E-state index in [2.05, 4.69) is 10.1 Å². The number of nitrogens with zero attached hydrogens (tertiary/aromatic N) is 4. The van der Waals surface area contributed by atoms with Crippen LogP contribution in [0.2, 0.25) is 10.0 Å². The molecule has 11 heteroatoms. The van der Waals surface area contributed by atoms with E-state index >= 15 is 0 Å². The average Bonchev–Trinajstić information content (AvgIpc) is 2.93. The number of aliphatic carboxylic acids is 1.